The van der Waals surface area contributed by atoms with Crippen LogP contribution < -0.4 is 9.47 Å². The van der Waals surface area contributed by atoms with Crippen molar-refractivity contribution < 1.29 is 24.1 Å². The average Bonchev–Trinajstić information content (AvgIpc) is 2.81. The van der Waals surface area contributed by atoms with E-state index in [4.69, 9.17) is 18.9 Å². The fourth-order valence-corrected chi connectivity index (χ4v) is 2.36. The van der Waals surface area contributed by atoms with Crippen LogP contribution in [0, 0.1) is 0 Å². The molecule has 2 heterocycles. The van der Waals surface area contributed by atoms with Crippen molar-refractivity contribution >= 4 is 0 Å². The van der Waals surface area contributed by atoms with Crippen molar-refractivity contribution in [1.29, 1.82) is 0 Å². The van der Waals surface area contributed by atoms with Crippen LogP contribution in [0.2, 0.25) is 0 Å². The highest BCUT2D eigenvalue weighted by atomic mass is 16.7. The summed E-state index contributed by atoms with van der Waals surface area (Å²) in [5, 5.41) is 9.46. The summed E-state index contributed by atoms with van der Waals surface area (Å²) in [6, 6.07) is 5.61. The molecule has 1 fully saturated rings. The topological polar surface area (TPSA) is 57.2 Å². The maximum Gasteiger partial charge on any atom is 0.209 e. The molecule has 3 atom stereocenters. The number of methoxy groups -OCH3 is 1. The smallest absolute Gasteiger partial charge is 0.209 e. The lowest BCUT2D eigenvalue weighted by Crippen LogP contribution is -2.16. The molecular weight excluding hydrogens is 224 g/mol. The van der Waals surface area contributed by atoms with Crippen LogP contribution in [0.25, 0.3) is 0 Å². The Balaban J connectivity index is 1.92. The standard InChI is InChI=1S/C12H14O5/c1-14-6-15-8-3-2-4-9-11(8)7-5-10(13)17-12(7)16-9/h2-4,7,10,12-13H,5-6H2,1H3. The Labute approximate surface area is 98.9 Å². The van der Waals surface area contributed by atoms with Gasteiger partial charge in [0.2, 0.25) is 6.29 Å². The first-order valence-electron chi connectivity index (χ1n) is 5.54. The number of ether oxygens (including phenoxy) is 4. The zero-order valence-electron chi connectivity index (χ0n) is 9.46. The van der Waals surface area contributed by atoms with Crippen LogP contribution in [0.15, 0.2) is 18.2 Å². The monoisotopic (exact) mass is 238 g/mol. The van der Waals surface area contributed by atoms with E-state index in [2.05, 4.69) is 0 Å². The largest absolute Gasteiger partial charge is 0.467 e. The van der Waals surface area contributed by atoms with Gasteiger partial charge in [-0.25, -0.2) is 0 Å². The summed E-state index contributed by atoms with van der Waals surface area (Å²) < 4.78 is 21.3. The lowest BCUT2D eigenvalue weighted by molar-refractivity contribution is -0.147. The summed E-state index contributed by atoms with van der Waals surface area (Å²) in [5.41, 5.74) is 0.964. The van der Waals surface area contributed by atoms with Gasteiger partial charge in [-0.15, -0.1) is 0 Å². The van der Waals surface area contributed by atoms with Crippen LogP contribution in [0.5, 0.6) is 11.5 Å². The lowest BCUT2D eigenvalue weighted by atomic mass is 9.97. The molecule has 1 N–H and O–H groups in total. The van der Waals surface area contributed by atoms with Crippen LogP contribution in [0.4, 0.5) is 0 Å². The first-order valence-corrected chi connectivity index (χ1v) is 5.54. The van der Waals surface area contributed by atoms with Gasteiger partial charge in [0.25, 0.3) is 0 Å². The highest BCUT2D eigenvalue weighted by Crippen LogP contribution is 2.49. The van der Waals surface area contributed by atoms with Gasteiger partial charge in [-0.2, -0.15) is 0 Å². The molecule has 3 rings (SSSR count). The van der Waals surface area contributed by atoms with E-state index in [1.165, 1.54) is 0 Å². The van der Waals surface area contributed by atoms with Gasteiger partial charge in [-0.05, 0) is 12.1 Å². The van der Waals surface area contributed by atoms with E-state index >= 15 is 0 Å². The summed E-state index contributed by atoms with van der Waals surface area (Å²) in [5.74, 6) is 1.53. The third-order valence-corrected chi connectivity index (χ3v) is 3.05. The fourth-order valence-electron chi connectivity index (χ4n) is 2.36. The number of benzene rings is 1. The van der Waals surface area contributed by atoms with Gasteiger partial charge in [0.15, 0.2) is 13.1 Å². The molecular formula is C12H14O5. The van der Waals surface area contributed by atoms with Crippen molar-refractivity contribution in [3.63, 3.8) is 0 Å². The van der Waals surface area contributed by atoms with Crippen molar-refractivity contribution in [1.82, 2.24) is 0 Å². The first kappa shape index (κ1) is 10.8. The molecule has 0 spiro atoms. The molecule has 0 amide bonds. The van der Waals surface area contributed by atoms with Crippen LogP contribution in [-0.4, -0.2) is 31.6 Å². The Morgan fingerprint density at radius 2 is 2.35 bits per heavy atom. The van der Waals surface area contributed by atoms with Crippen molar-refractivity contribution in [2.75, 3.05) is 13.9 Å². The third-order valence-electron chi connectivity index (χ3n) is 3.05. The third kappa shape index (κ3) is 1.76. The Morgan fingerprint density at radius 3 is 3.18 bits per heavy atom. The molecule has 3 unspecified atom stereocenters. The molecule has 92 valence electrons. The predicted octanol–water partition coefficient (Wildman–Crippen LogP) is 1.21. The van der Waals surface area contributed by atoms with Gasteiger partial charge in [0.1, 0.15) is 11.5 Å². The van der Waals surface area contributed by atoms with E-state index in [1.54, 1.807) is 7.11 Å². The molecule has 17 heavy (non-hydrogen) atoms. The minimum Gasteiger partial charge on any atom is -0.467 e. The van der Waals surface area contributed by atoms with Crippen LogP contribution in [0.1, 0.15) is 17.9 Å². The lowest BCUT2D eigenvalue weighted by Gasteiger charge is -2.11. The molecule has 2 aliphatic rings. The molecule has 0 aromatic heterocycles. The van der Waals surface area contributed by atoms with Crippen LogP contribution in [0.3, 0.4) is 0 Å². The van der Waals surface area contributed by atoms with Crippen LogP contribution in [-0.2, 0) is 9.47 Å². The zero-order chi connectivity index (χ0) is 11.8. The predicted molar refractivity (Wildman–Crippen MR) is 57.8 cm³/mol. The first-order chi connectivity index (χ1) is 8.29. The number of rotatable bonds is 3. The summed E-state index contributed by atoms with van der Waals surface area (Å²) >= 11 is 0. The highest BCUT2D eigenvalue weighted by Gasteiger charge is 2.45. The second-order valence-corrected chi connectivity index (χ2v) is 4.14. The molecule has 2 aliphatic heterocycles. The molecule has 1 aromatic carbocycles. The minimum atomic E-state index is -0.756. The summed E-state index contributed by atoms with van der Waals surface area (Å²) in [6.45, 7) is 0.192. The van der Waals surface area contributed by atoms with Crippen molar-refractivity contribution in [2.24, 2.45) is 0 Å². The van der Waals surface area contributed by atoms with E-state index in [0.29, 0.717) is 6.42 Å². The van der Waals surface area contributed by atoms with E-state index in [-0.39, 0.29) is 12.7 Å². The molecule has 5 nitrogen and oxygen atoms in total. The summed E-state index contributed by atoms with van der Waals surface area (Å²) in [7, 11) is 1.57. The van der Waals surface area contributed by atoms with Gasteiger partial charge >= 0.3 is 0 Å². The Kier molecular flexibility index (Phi) is 2.66. The van der Waals surface area contributed by atoms with Crippen molar-refractivity contribution in [3.8, 4) is 11.5 Å². The second-order valence-electron chi connectivity index (χ2n) is 4.14. The van der Waals surface area contributed by atoms with Crippen LogP contribution >= 0.6 is 0 Å². The highest BCUT2D eigenvalue weighted by molar-refractivity contribution is 5.50. The van der Waals surface area contributed by atoms with Gasteiger partial charge in [-0.3, -0.25) is 0 Å². The van der Waals surface area contributed by atoms with E-state index in [0.717, 1.165) is 17.1 Å². The van der Waals surface area contributed by atoms with E-state index in [9.17, 15) is 5.11 Å². The molecule has 0 radical (unpaired) electrons. The maximum atomic E-state index is 9.46. The van der Waals surface area contributed by atoms with Gasteiger partial charge in [-0.1, -0.05) is 6.07 Å². The summed E-state index contributed by atoms with van der Waals surface area (Å²) in [6.07, 6.45) is -0.619. The molecule has 1 aromatic rings. The second kappa shape index (κ2) is 4.18. The fraction of sp³-hybridized carbons (Fsp3) is 0.500. The zero-order valence-corrected chi connectivity index (χ0v) is 9.46. The van der Waals surface area contributed by atoms with Gasteiger partial charge in [0.05, 0.1) is 5.92 Å². The number of hydrogen-bond acceptors (Lipinski definition) is 5. The van der Waals surface area contributed by atoms with Crippen molar-refractivity contribution in [2.45, 2.75) is 24.9 Å². The quantitative estimate of drug-likeness (QED) is 0.802. The molecule has 0 bridgehead atoms. The van der Waals surface area contributed by atoms with E-state index in [1.807, 2.05) is 18.2 Å². The SMILES string of the molecule is COCOc1cccc2c1C1CC(O)OC1O2. The number of aliphatic hydroxyl groups is 1. The summed E-state index contributed by atoms with van der Waals surface area (Å²) in [4.78, 5) is 0. The number of hydrogen-bond donors (Lipinski definition) is 1. The molecule has 0 saturated carbocycles. The van der Waals surface area contributed by atoms with Gasteiger partial charge in [0, 0.05) is 19.1 Å². The number of fused-ring (bicyclic) bond motifs is 3. The normalized spacial score (nSPS) is 29.6. The Bertz CT molecular complexity index is 419. The molecule has 1 saturated heterocycles. The Hall–Kier alpha value is -1.30. The minimum absolute atomic E-state index is 0.0352. The number of aliphatic hydroxyl groups excluding tert-OH is 1. The van der Waals surface area contributed by atoms with Crippen molar-refractivity contribution in [3.05, 3.63) is 23.8 Å². The molecule has 5 heteroatoms. The van der Waals surface area contributed by atoms with Gasteiger partial charge < -0.3 is 24.1 Å². The van der Waals surface area contributed by atoms with E-state index < -0.39 is 12.6 Å². The average molecular weight is 238 g/mol. The Morgan fingerprint density at radius 1 is 1.47 bits per heavy atom. The molecule has 0 aliphatic carbocycles. The maximum absolute atomic E-state index is 9.46.